The van der Waals surface area contributed by atoms with Crippen molar-refractivity contribution in [3.63, 3.8) is 0 Å². The van der Waals surface area contributed by atoms with Gasteiger partial charge in [0.2, 0.25) is 5.70 Å². The first-order valence-corrected chi connectivity index (χ1v) is 5.74. The average molecular weight is 265 g/mol. The Morgan fingerprint density at radius 3 is 2.53 bits per heavy atom. The van der Waals surface area contributed by atoms with E-state index < -0.39 is 10.9 Å². The van der Waals surface area contributed by atoms with E-state index in [9.17, 15) is 14.9 Å². The maximum atomic E-state index is 11.1. The molecule has 0 fully saturated rings. The fraction of sp³-hybridized carbons (Fsp3) is 0.308. The van der Waals surface area contributed by atoms with Gasteiger partial charge in [-0.3, -0.25) is 10.1 Å². The molecule has 19 heavy (non-hydrogen) atoms. The van der Waals surface area contributed by atoms with Crippen LogP contribution in [-0.4, -0.2) is 24.1 Å². The summed E-state index contributed by atoms with van der Waals surface area (Å²) in [6.07, 6.45) is 1.45. The summed E-state index contributed by atoms with van der Waals surface area (Å²) in [6.45, 7) is 3.30. The second-order valence-corrected chi connectivity index (χ2v) is 3.71. The molecule has 6 nitrogen and oxygen atoms in total. The van der Waals surface area contributed by atoms with Gasteiger partial charge in [-0.2, -0.15) is 0 Å². The van der Waals surface area contributed by atoms with Crippen LogP contribution >= 0.6 is 0 Å². The Balaban J connectivity index is 2.59. The highest BCUT2D eigenvalue weighted by Crippen LogP contribution is 2.14. The second kappa shape index (κ2) is 7.15. The highest BCUT2D eigenvalue weighted by atomic mass is 16.6. The van der Waals surface area contributed by atoms with Crippen LogP contribution in [0.2, 0.25) is 0 Å². The summed E-state index contributed by atoms with van der Waals surface area (Å²) in [6, 6.07) is 6.62. The standard InChI is InChI=1S/C13H15NO5/c1-3-18-13(15)9-19-12-6-4-11(5-7-12)8-10(2)14(16)17/h4-8H,3,9H2,1-2H3/b10-8+. The molecule has 0 atom stereocenters. The van der Waals surface area contributed by atoms with E-state index in [4.69, 9.17) is 9.47 Å². The normalized spacial score (nSPS) is 10.9. The molecule has 0 heterocycles. The maximum Gasteiger partial charge on any atom is 0.344 e. The van der Waals surface area contributed by atoms with E-state index in [-0.39, 0.29) is 12.3 Å². The van der Waals surface area contributed by atoms with Crippen LogP contribution < -0.4 is 4.74 Å². The van der Waals surface area contributed by atoms with Gasteiger partial charge in [0, 0.05) is 13.0 Å². The van der Waals surface area contributed by atoms with Gasteiger partial charge in [-0.25, -0.2) is 4.79 Å². The van der Waals surface area contributed by atoms with Crippen LogP contribution in [0.5, 0.6) is 5.75 Å². The highest BCUT2D eigenvalue weighted by molar-refractivity contribution is 5.71. The number of carbonyl (C=O) groups excluding carboxylic acids is 1. The van der Waals surface area contributed by atoms with E-state index in [0.29, 0.717) is 17.9 Å². The zero-order valence-corrected chi connectivity index (χ0v) is 10.8. The minimum atomic E-state index is -0.453. The smallest absolute Gasteiger partial charge is 0.344 e. The van der Waals surface area contributed by atoms with Crippen LogP contribution in [0, 0.1) is 10.1 Å². The third kappa shape index (κ3) is 5.20. The topological polar surface area (TPSA) is 78.7 Å². The molecular formula is C13H15NO5. The minimum Gasteiger partial charge on any atom is -0.482 e. The van der Waals surface area contributed by atoms with Gasteiger partial charge in [-0.05, 0) is 24.6 Å². The van der Waals surface area contributed by atoms with Crippen LogP contribution in [0.1, 0.15) is 19.4 Å². The molecule has 1 aromatic carbocycles. The molecule has 0 unspecified atom stereocenters. The van der Waals surface area contributed by atoms with Crippen molar-refractivity contribution in [3.05, 3.63) is 45.6 Å². The lowest BCUT2D eigenvalue weighted by molar-refractivity contribution is -0.422. The first-order valence-electron chi connectivity index (χ1n) is 5.74. The predicted molar refractivity (Wildman–Crippen MR) is 69.2 cm³/mol. The van der Waals surface area contributed by atoms with Gasteiger partial charge < -0.3 is 9.47 Å². The summed E-state index contributed by atoms with van der Waals surface area (Å²) in [5.74, 6) is 0.0691. The van der Waals surface area contributed by atoms with Gasteiger partial charge in [0.25, 0.3) is 0 Å². The molecule has 0 amide bonds. The first kappa shape index (κ1) is 14.7. The third-order valence-corrected chi connectivity index (χ3v) is 2.21. The SMILES string of the molecule is CCOC(=O)COc1ccc(/C=C(\C)[N+](=O)[O-])cc1. The van der Waals surface area contributed by atoms with Crippen molar-refractivity contribution in [2.45, 2.75) is 13.8 Å². The number of hydrogen-bond acceptors (Lipinski definition) is 5. The quantitative estimate of drug-likeness (QED) is 0.448. The molecular weight excluding hydrogens is 250 g/mol. The lowest BCUT2D eigenvalue weighted by Crippen LogP contribution is -2.14. The van der Waals surface area contributed by atoms with Gasteiger partial charge in [0.1, 0.15) is 5.75 Å². The maximum absolute atomic E-state index is 11.1. The number of carbonyl (C=O) groups is 1. The fourth-order valence-electron chi connectivity index (χ4n) is 1.30. The van der Waals surface area contributed by atoms with Crippen molar-refractivity contribution < 1.29 is 19.2 Å². The van der Waals surface area contributed by atoms with Gasteiger partial charge in [-0.1, -0.05) is 12.1 Å². The van der Waals surface area contributed by atoms with Crippen LogP contribution in [0.4, 0.5) is 0 Å². The summed E-state index contributed by atoms with van der Waals surface area (Å²) >= 11 is 0. The molecule has 0 bridgehead atoms. The van der Waals surface area contributed by atoms with Gasteiger partial charge >= 0.3 is 5.97 Å². The number of allylic oxidation sites excluding steroid dienone is 1. The third-order valence-electron chi connectivity index (χ3n) is 2.21. The van der Waals surface area contributed by atoms with Crippen LogP contribution in [0.3, 0.4) is 0 Å². The molecule has 0 aliphatic carbocycles. The Kier molecular flexibility index (Phi) is 5.53. The second-order valence-electron chi connectivity index (χ2n) is 3.71. The number of nitrogens with zero attached hydrogens (tertiary/aromatic N) is 1. The molecule has 1 rings (SSSR count). The Bertz CT molecular complexity index is 478. The van der Waals surface area contributed by atoms with Crippen molar-refractivity contribution >= 4 is 12.0 Å². The molecule has 1 aromatic rings. The zero-order chi connectivity index (χ0) is 14.3. The van der Waals surface area contributed by atoms with E-state index in [1.807, 2.05) is 0 Å². The molecule has 6 heteroatoms. The Morgan fingerprint density at radius 1 is 1.37 bits per heavy atom. The number of rotatable bonds is 6. The largest absolute Gasteiger partial charge is 0.482 e. The monoisotopic (exact) mass is 265 g/mol. The first-order chi connectivity index (χ1) is 9.02. The van der Waals surface area contributed by atoms with Crippen molar-refractivity contribution in [1.82, 2.24) is 0 Å². The fourth-order valence-corrected chi connectivity index (χ4v) is 1.30. The van der Waals surface area contributed by atoms with Crippen LogP contribution in [0.15, 0.2) is 30.0 Å². The van der Waals surface area contributed by atoms with Crippen LogP contribution in [-0.2, 0) is 9.53 Å². The summed E-state index contributed by atoms with van der Waals surface area (Å²) in [5.41, 5.74) is 0.748. The lowest BCUT2D eigenvalue weighted by Gasteiger charge is -2.05. The van der Waals surface area contributed by atoms with E-state index in [1.165, 1.54) is 13.0 Å². The number of esters is 1. The van der Waals surface area contributed by atoms with E-state index in [2.05, 4.69) is 0 Å². The van der Waals surface area contributed by atoms with Crippen molar-refractivity contribution in [2.75, 3.05) is 13.2 Å². The molecule has 102 valence electrons. The van der Waals surface area contributed by atoms with Crippen molar-refractivity contribution in [2.24, 2.45) is 0 Å². The number of nitro groups is 1. The van der Waals surface area contributed by atoms with Crippen molar-refractivity contribution in [1.29, 1.82) is 0 Å². The number of hydrogen-bond donors (Lipinski definition) is 0. The van der Waals surface area contributed by atoms with Gasteiger partial charge in [-0.15, -0.1) is 0 Å². The average Bonchev–Trinajstić information content (AvgIpc) is 2.38. The Morgan fingerprint density at radius 2 is 2.00 bits per heavy atom. The number of benzene rings is 1. The summed E-state index contributed by atoms with van der Waals surface area (Å²) < 4.78 is 9.92. The van der Waals surface area contributed by atoms with Crippen LogP contribution in [0.25, 0.3) is 6.08 Å². The number of ether oxygens (including phenoxy) is 2. The molecule has 0 saturated carbocycles. The Labute approximate surface area is 110 Å². The molecule has 0 aliphatic rings. The molecule has 0 saturated heterocycles. The summed E-state index contributed by atoms with van der Waals surface area (Å²) in [4.78, 5) is 21.1. The van der Waals surface area contributed by atoms with E-state index >= 15 is 0 Å². The lowest BCUT2D eigenvalue weighted by atomic mass is 10.2. The summed E-state index contributed by atoms with van der Waals surface area (Å²) in [7, 11) is 0. The Hall–Kier alpha value is -2.37. The highest BCUT2D eigenvalue weighted by Gasteiger charge is 2.04. The summed E-state index contributed by atoms with van der Waals surface area (Å²) in [5, 5.41) is 10.5. The molecule has 0 aromatic heterocycles. The van der Waals surface area contributed by atoms with Gasteiger partial charge in [0.15, 0.2) is 6.61 Å². The molecule has 0 radical (unpaired) electrons. The zero-order valence-electron chi connectivity index (χ0n) is 10.8. The van der Waals surface area contributed by atoms with E-state index in [0.717, 1.165) is 0 Å². The molecule has 0 N–H and O–H groups in total. The molecule has 0 aliphatic heterocycles. The minimum absolute atomic E-state index is 0.0557. The molecule has 0 spiro atoms. The van der Waals surface area contributed by atoms with Gasteiger partial charge in [0.05, 0.1) is 11.5 Å². The van der Waals surface area contributed by atoms with Crippen molar-refractivity contribution in [3.8, 4) is 5.75 Å². The van der Waals surface area contributed by atoms with E-state index in [1.54, 1.807) is 31.2 Å². The predicted octanol–water partition coefficient (Wildman–Crippen LogP) is 2.27.